The van der Waals surface area contributed by atoms with Gasteiger partial charge in [0.15, 0.2) is 0 Å². The number of sulfone groups is 1. The molecule has 0 amide bonds. The summed E-state index contributed by atoms with van der Waals surface area (Å²) in [6.45, 7) is 0.265. The number of anilines is 1. The van der Waals surface area contributed by atoms with Gasteiger partial charge >= 0.3 is 0 Å². The van der Waals surface area contributed by atoms with E-state index in [4.69, 9.17) is 5.26 Å². The van der Waals surface area contributed by atoms with Gasteiger partial charge in [0, 0.05) is 24.4 Å². The molecule has 19 heavy (non-hydrogen) atoms. The van der Waals surface area contributed by atoms with Crippen LogP contribution in [0.2, 0.25) is 0 Å². The number of nitriles is 1. The molecule has 0 radical (unpaired) electrons. The van der Waals surface area contributed by atoms with Crippen LogP contribution in [0.15, 0.2) is 30.5 Å². The third-order valence-corrected chi connectivity index (χ3v) is 3.62. The summed E-state index contributed by atoms with van der Waals surface area (Å²) >= 11 is 0. The second kappa shape index (κ2) is 5.24. The Kier molecular flexibility index (Phi) is 3.67. The van der Waals surface area contributed by atoms with E-state index in [0.717, 1.165) is 10.9 Å². The van der Waals surface area contributed by atoms with Crippen LogP contribution in [0.25, 0.3) is 10.9 Å². The molecule has 2 aromatic rings. The molecule has 0 fully saturated rings. The van der Waals surface area contributed by atoms with Crippen LogP contribution in [0.4, 0.5) is 5.69 Å². The molecule has 0 bridgehead atoms. The van der Waals surface area contributed by atoms with Crippen molar-refractivity contribution >= 4 is 26.4 Å². The normalized spacial score (nSPS) is 11.2. The SMILES string of the molecule is CS(=O)(=O)CCNc1c(C#N)cnc2ccccc12. The van der Waals surface area contributed by atoms with Crippen LogP contribution in [-0.4, -0.2) is 32.0 Å². The number of nitrogens with zero attached hydrogens (tertiary/aromatic N) is 2. The van der Waals surface area contributed by atoms with Crippen molar-refractivity contribution in [1.29, 1.82) is 5.26 Å². The molecule has 0 aliphatic rings. The highest BCUT2D eigenvalue weighted by Gasteiger charge is 2.09. The lowest BCUT2D eigenvalue weighted by Gasteiger charge is -2.10. The maximum Gasteiger partial charge on any atom is 0.149 e. The molecule has 1 N–H and O–H groups in total. The molecule has 0 spiro atoms. The third kappa shape index (κ3) is 3.20. The van der Waals surface area contributed by atoms with E-state index in [-0.39, 0.29) is 12.3 Å². The minimum Gasteiger partial charge on any atom is -0.382 e. The van der Waals surface area contributed by atoms with Crippen molar-refractivity contribution < 1.29 is 8.42 Å². The predicted octanol–water partition coefficient (Wildman–Crippen LogP) is 1.56. The van der Waals surface area contributed by atoms with Crippen molar-refractivity contribution in [3.8, 4) is 6.07 Å². The van der Waals surface area contributed by atoms with Gasteiger partial charge in [-0.25, -0.2) is 8.42 Å². The molecule has 0 saturated heterocycles. The number of aromatic nitrogens is 1. The highest BCUT2D eigenvalue weighted by atomic mass is 32.2. The maximum absolute atomic E-state index is 11.1. The standard InChI is InChI=1S/C13H13N3O2S/c1-19(17,18)7-6-15-13-10(8-14)9-16-12-5-3-2-4-11(12)13/h2-5,9H,6-7H2,1H3,(H,15,16). The van der Waals surface area contributed by atoms with Crippen molar-refractivity contribution in [2.75, 3.05) is 23.9 Å². The maximum atomic E-state index is 11.1. The van der Waals surface area contributed by atoms with Crippen molar-refractivity contribution in [3.05, 3.63) is 36.0 Å². The fraction of sp³-hybridized carbons (Fsp3) is 0.231. The fourth-order valence-corrected chi connectivity index (χ4v) is 2.25. The van der Waals surface area contributed by atoms with Crippen molar-refractivity contribution in [1.82, 2.24) is 4.98 Å². The van der Waals surface area contributed by atoms with Crippen molar-refractivity contribution in [3.63, 3.8) is 0 Å². The second-order valence-electron chi connectivity index (χ2n) is 4.23. The number of pyridine rings is 1. The van der Waals surface area contributed by atoms with E-state index in [1.807, 2.05) is 24.3 Å². The molecule has 1 aromatic heterocycles. The van der Waals surface area contributed by atoms with Gasteiger partial charge in [-0.1, -0.05) is 18.2 Å². The van der Waals surface area contributed by atoms with Gasteiger partial charge in [0.1, 0.15) is 15.9 Å². The summed E-state index contributed by atoms with van der Waals surface area (Å²) in [5.74, 6) is 0.0223. The summed E-state index contributed by atoms with van der Waals surface area (Å²) in [5, 5.41) is 12.9. The lowest BCUT2D eigenvalue weighted by Crippen LogP contribution is -2.15. The van der Waals surface area contributed by atoms with Crippen LogP contribution in [0, 0.1) is 11.3 Å². The summed E-state index contributed by atoms with van der Waals surface area (Å²) in [6, 6.07) is 9.48. The quantitative estimate of drug-likeness (QED) is 0.915. The number of nitrogens with one attached hydrogen (secondary N) is 1. The van der Waals surface area contributed by atoms with E-state index in [1.54, 1.807) is 0 Å². The van der Waals surface area contributed by atoms with Gasteiger partial charge in [-0.05, 0) is 6.07 Å². The van der Waals surface area contributed by atoms with Crippen LogP contribution >= 0.6 is 0 Å². The van der Waals surface area contributed by atoms with Gasteiger partial charge in [0.05, 0.1) is 22.5 Å². The molecule has 0 aliphatic carbocycles. The smallest absolute Gasteiger partial charge is 0.149 e. The fourth-order valence-electron chi connectivity index (χ4n) is 1.78. The molecular formula is C13H13N3O2S. The van der Waals surface area contributed by atoms with E-state index in [1.165, 1.54) is 12.5 Å². The molecule has 5 nitrogen and oxygen atoms in total. The predicted molar refractivity (Wildman–Crippen MR) is 74.7 cm³/mol. The van der Waals surface area contributed by atoms with Gasteiger partial charge in [-0.3, -0.25) is 4.98 Å². The zero-order valence-corrected chi connectivity index (χ0v) is 11.2. The van der Waals surface area contributed by atoms with Crippen LogP contribution in [0.3, 0.4) is 0 Å². The number of rotatable bonds is 4. The Morgan fingerprint density at radius 1 is 1.37 bits per heavy atom. The van der Waals surface area contributed by atoms with Crippen molar-refractivity contribution in [2.24, 2.45) is 0 Å². The molecule has 2 rings (SSSR count). The first-order valence-electron chi connectivity index (χ1n) is 5.71. The van der Waals surface area contributed by atoms with Crippen LogP contribution in [0.1, 0.15) is 5.56 Å². The molecule has 0 unspecified atom stereocenters. The van der Waals surface area contributed by atoms with E-state index >= 15 is 0 Å². The summed E-state index contributed by atoms with van der Waals surface area (Å²) in [4.78, 5) is 4.19. The minimum absolute atomic E-state index is 0.0223. The number of fused-ring (bicyclic) bond motifs is 1. The average Bonchev–Trinajstić information content (AvgIpc) is 2.37. The summed E-state index contributed by atoms with van der Waals surface area (Å²) in [7, 11) is -3.03. The molecule has 1 heterocycles. The molecule has 1 aromatic carbocycles. The van der Waals surface area contributed by atoms with Gasteiger partial charge in [-0.15, -0.1) is 0 Å². The molecule has 0 aliphatic heterocycles. The number of hydrogen-bond donors (Lipinski definition) is 1. The van der Waals surface area contributed by atoms with Gasteiger partial charge in [0.2, 0.25) is 0 Å². The molecule has 0 saturated carbocycles. The van der Waals surface area contributed by atoms with Gasteiger partial charge < -0.3 is 5.32 Å². The molecular weight excluding hydrogens is 262 g/mol. The van der Waals surface area contributed by atoms with E-state index in [9.17, 15) is 8.42 Å². The van der Waals surface area contributed by atoms with E-state index < -0.39 is 9.84 Å². The van der Waals surface area contributed by atoms with Gasteiger partial charge in [-0.2, -0.15) is 5.26 Å². The Bertz CT molecular complexity index is 748. The Morgan fingerprint density at radius 3 is 2.79 bits per heavy atom. The Hall–Kier alpha value is -2.13. The first-order chi connectivity index (χ1) is 9.01. The largest absolute Gasteiger partial charge is 0.382 e. The topological polar surface area (TPSA) is 82.9 Å². The highest BCUT2D eigenvalue weighted by Crippen LogP contribution is 2.24. The second-order valence-corrected chi connectivity index (χ2v) is 6.49. The average molecular weight is 275 g/mol. The molecule has 98 valence electrons. The lowest BCUT2D eigenvalue weighted by molar-refractivity contribution is 0.602. The highest BCUT2D eigenvalue weighted by molar-refractivity contribution is 7.90. The van der Waals surface area contributed by atoms with Crippen LogP contribution in [0.5, 0.6) is 0 Å². The molecule has 0 atom stereocenters. The zero-order chi connectivity index (χ0) is 13.9. The number of para-hydroxylation sites is 1. The number of benzene rings is 1. The van der Waals surface area contributed by atoms with Crippen molar-refractivity contribution in [2.45, 2.75) is 0 Å². The first-order valence-corrected chi connectivity index (χ1v) is 7.77. The third-order valence-electron chi connectivity index (χ3n) is 2.67. The van der Waals surface area contributed by atoms with Crippen LogP contribution < -0.4 is 5.32 Å². The Balaban J connectivity index is 2.37. The monoisotopic (exact) mass is 275 g/mol. The summed E-state index contributed by atoms with van der Waals surface area (Å²) in [5.41, 5.74) is 1.81. The zero-order valence-electron chi connectivity index (χ0n) is 10.4. The Labute approximate surface area is 111 Å². The van der Waals surface area contributed by atoms with E-state index in [2.05, 4.69) is 16.4 Å². The van der Waals surface area contributed by atoms with Crippen LogP contribution in [-0.2, 0) is 9.84 Å². The van der Waals surface area contributed by atoms with E-state index in [0.29, 0.717) is 11.3 Å². The Morgan fingerprint density at radius 2 is 2.11 bits per heavy atom. The summed E-state index contributed by atoms with van der Waals surface area (Å²) in [6.07, 6.45) is 2.68. The first kappa shape index (κ1) is 13.3. The summed E-state index contributed by atoms with van der Waals surface area (Å²) < 4.78 is 22.2. The number of hydrogen-bond acceptors (Lipinski definition) is 5. The van der Waals surface area contributed by atoms with Gasteiger partial charge in [0.25, 0.3) is 0 Å². The minimum atomic E-state index is -3.03. The molecule has 6 heteroatoms. The lowest BCUT2D eigenvalue weighted by atomic mass is 10.1.